The van der Waals surface area contributed by atoms with Gasteiger partial charge < -0.3 is 5.11 Å². The van der Waals surface area contributed by atoms with Crippen LogP contribution in [0, 0.1) is 20.8 Å². The highest BCUT2D eigenvalue weighted by Gasteiger charge is 2.10. The summed E-state index contributed by atoms with van der Waals surface area (Å²) in [5.74, 6) is 0.685. The Balaban J connectivity index is 2.07. The molecule has 0 aliphatic heterocycles. The van der Waals surface area contributed by atoms with E-state index in [0.29, 0.717) is 5.82 Å². The summed E-state index contributed by atoms with van der Waals surface area (Å²) >= 11 is 0. The standard InChI is InChI=1S/C17H18N4O/c1-11-7-12(2)9-15(8-11)19-20-16-13(3)18-17-14(10-22)5-4-6-21(16)17/h4-9,22H,10H2,1-3H3. The van der Waals surface area contributed by atoms with Crippen LogP contribution in [0.3, 0.4) is 0 Å². The molecule has 1 aromatic carbocycles. The van der Waals surface area contributed by atoms with E-state index >= 15 is 0 Å². The second-order valence-electron chi connectivity index (χ2n) is 5.45. The van der Waals surface area contributed by atoms with Gasteiger partial charge in [0.25, 0.3) is 0 Å². The molecule has 5 heteroatoms. The minimum absolute atomic E-state index is 0.0472. The molecule has 2 aromatic heterocycles. The second kappa shape index (κ2) is 5.69. The van der Waals surface area contributed by atoms with Crippen molar-refractivity contribution in [3.05, 3.63) is 58.9 Å². The van der Waals surface area contributed by atoms with Crippen LogP contribution in [0.25, 0.3) is 5.65 Å². The van der Waals surface area contributed by atoms with E-state index in [1.54, 1.807) is 0 Å². The molecule has 22 heavy (non-hydrogen) atoms. The number of aromatic nitrogens is 2. The zero-order valence-electron chi connectivity index (χ0n) is 12.9. The fourth-order valence-corrected chi connectivity index (χ4v) is 2.58. The van der Waals surface area contributed by atoms with E-state index < -0.39 is 0 Å². The predicted molar refractivity (Wildman–Crippen MR) is 85.9 cm³/mol. The summed E-state index contributed by atoms with van der Waals surface area (Å²) < 4.78 is 1.85. The molecule has 0 amide bonds. The van der Waals surface area contributed by atoms with Gasteiger partial charge in [0, 0.05) is 11.8 Å². The number of aliphatic hydroxyl groups excluding tert-OH is 1. The van der Waals surface area contributed by atoms with E-state index in [-0.39, 0.29) is 6.61 Å². The van der Waals surface area contributed by atoms with Gasteiger partial charge >= 0.3 is 0 Å². The van der Waals surface area contributed by atoms with Crippen molar-refractivity contribution in [3.63, 3.8) is 0 Å². The molecule has 112 valence electrons. The number of rotatable bonds is 3. The number of fused-ring (bicyclic) bond motifs is 1. The first-order valence-electron chi connectivity index (χ1n) is 7.16. The van der Waals surface area contributed by atoms with Gasteiger partial charge in [-0.05, 0) is 50.1 Å². The number of nitrogens with zero attached hydrogens (tertiary/aromatic N) is 4. The number of hydrogen-bond donors (Lipinski definition) is 1. The van der Waals surface area contributed by atoms with Crippen LogP contribution >= 0.6 is 0 Å². The van der Waals surface area contributed by atoms with E-state index in [1.165, 1.54) is 0 Å². The maximum absolute atomic E-state index is 9.40. The third-order valence-corrected chi connectivity index (χ3v) is 3.51. The minimum Gasteiger partial charge on any atom is -0.392 e. The summed E-state index contributed by atoms with van der Waals surface area (Å²) in [7, 11) is 0. The van der Waals surface area contributed by atoms with Gasteiger partial charge in [-0.3, -0.25) is 4.40 Å². The first-order chi connectivity index (χ1) is 10.6. The van der Waals surface area contributed by atoms with E-state index in [4.69, 9.17) is 0 Å². The number of imidazole rings is 1. The molecule has 0 aliphatic carbocycles. The molecule has 0 aliphatic rings. The Morgan fingerprint density at radius 2 is 1.82 bits per heavy atom. The topological polar surface area (TPSA) is 62.2 Å². The fraction of sp³-hybridized carbons (Fsp3) is 0.235. The summed E-state index contributed by atoms with van der Waals surface area (Å²) in [6, 6.07) is 9.82. The summed E-state index contributed by atoms with van der Waals surface area (Å²) in [6.45, 7) is 5.93. The molecule has 0 bridgehead atoms. The largest absolute Gasteiger partial charge is 0.392 e. The van der Waals surface area contributed by atoms with Gasteiger partial charge in [-0.1, -0.05) is 12.1 Å². The lowest BCUT2D eigenvalue weighted by atomic mass is 10.1. The van der Waals surface area contributed by atoms with Gasteiger partial charge in [-0.2, -0.15) is 0 Å². The Hall–Kier alpha value is -2.53. The third-order valence-electron chi connectivity index (χ3n) is 3.51. The van der Waals surface area contributed by atoms with Crippen molar-refractivity contribution in [2.24, 2.45) is 10.2 Å². The van der Waals surface area contributed by atoms with Gasteiger partial charge in [0.1, 0.15) is 5.65 Å². The molecule has 0 saturated heterocycles. The summed E-state index contributed by atoms with van der Waals surface area (Å²) in [5, 5.41) is 18.1. The van der Waals surface area contributed by atoms with Crippen molar-refractivity contribution >= 4 is 17.2 Å². The van der Waals surface area contributed by atoms with Crippen molar-refractivity contribution < 1.29 is 5.11 Å². The molecule has 1 N–H and O–H groups in total. The molecule has 0 atom stereocenters. The summed E-state index contributed by atoms with van der Waals surface area (Å²) in [5.41, 5.74) is 5.42. The van der Waals surface area contributed by atoms with Crippen molar-refractivity contribution in [2.75, 3.05) is 0 Å². The molecule has 2 heterocycles. The molecule has 0 unspecified atom stereocenters. The Kier molecular flexibility index (Phi) is 3.73. The van der Waals surface area contributed by atoms with E-state index in [0.717, 1.165) is 33.7 Å². The highest BCUT2D eigenvalue weighted by molar-refractivity contribution is 5.56. The normalized spacial score (nSPS) is 11.6. The SMILES string of the molecule is Cc1cc(C)cc(N=Nc2c(C)nc3c(CO)cccn23)c1. The van der Waals surface area contributed by atoms with Crippen LogP contribution in [0.15, 0.2) is 46.8 Å². The molecule has 0 saturated carbocycles. The molecular weight excluding hydrogens is 276 g/mol. The summed E-state index contributed by atoms with van der Waals surface area (Å²) in [6.07, 6.45) is 1.88. The highest BCUT2D eigenvalue weighted by atomic mass is 16.3. The van der Waals surface area contributed by atoms with Crippen LogP contribution in [-0.2, 0) is 6.61 Å². The van der Waals surface area contributed by atoms with Crippen LogP contribution in [0.4, 0.5) is 11.5 Å². The maximum Gasteiger partial charge on any atom is 0.182 e. The fourth-order valence-electron chi connectivity index (χ4n) is 2.58. The quantitative estimate of drug-likeness (QED) is 0.737. The average Bonchev–Trinajstić information content (AvgIpc) is 2.79. The summed E-state index contributed by atoms with van der Waals surface area (Å²) in [4.78, 5) is 4.48. The van der Waals surface area contributed by atoms with Gasteiger partial charge in [0.2, 0.25) is 0 Å². The highest BCUT2D eigenvalue weighted by Crippen LogP contribution is 2.26. The first kappa shape index (κ1) is 14.4. The van der Waals surface area contributed by atoms with E-state index in [9.17, 15) is 5.11 Å². The minimum atomic E-state index is -0.0472. The molecule has 3 rings (SSSR count). The van der Waals surface area contributed by atoms with Crippen LogP contribution in [0.2, 0.25) is 0 Å². The monoisotopic (exact) mass is 294 g/mol. The Morgan fingerprint density at radius 3 is 2.50 bits per heavy atom. The van der Waals surface area contributed by atoms with Crippen LogP contribution < -0.4 is 0 Å². The zero-order valence-corrected chi connectivity index (χ0v) is 12.9. The lowest BCUT2D eigenvalue weighted by Gasteiger charge is -2.01. The smallest absolute Gasteiger partial charge is 0.182 e. The van der Waals surface area contributed by atoms with Crippen molar-refractivity contribution in [1.29, 1.82) is 0 Å². The third kappa shape index (κ3) is 2.63. The Morgan fingerprint density at radius 1 is 1.09 bits per heavy atom. The van der Waals surface area contributed by atoms with Crippen molar-refractivity contribution in [3.8, 4) is 0 Å². The van der Waals surface area contributed by atoms with Gasteiger partial charge in [-0.25, -0.2) is 4.98 Å². The number of aryl methyl sites for hydroxylation is 3. The van der Waals surface area contributed by atoms with Crippen molar-refractivity contribution in [1.82, 2.24) is 9.38 Å². The van der Waals surface area contributed by atoms with Crippen molar-refractivity contribution in [2.45, 2.75) is 27.4 Å². The zero-order chi connectivity index (χ0) is 15.7. The Labute approximate surface area is 129 Å². The average molecular weight is 294 g/mol. The van der Waals surface area contributed by atoms with Gasteiger partial charge in [0.05, 0.1) is 18.0 Å². The van der Waals surface area contributed by atoms with Crippen LogP contribution in [0.1, 0.15) is 22.4 Å². The number of aliphatic hydroxyl groups is 1. The number of benzene rings is 1. The lowest BCUT2D eigenvalue weighted by molar-refractivity contribution is 0.282. The molecule has 0 fully saturated rings. The van der Waals surface area contributed by atoms with Crippen LogP contribution in [0.5, 0.6) is 0 Å². The predicted octanol–water partition coefficient (Wildman–Crippen LogP) is 4.17. The van der Waals surface area contributed by atoms with Gasteiger partial charge in [0.15, 0.2) is 5.82 Å². The van der Waals surface area contributed by atoms with Crippen LogP contribution in [-0.4, -0.2) is 14.5 Å². The molecule has 0 spiro atoms. The van der Waals surface area contributed by atoms with Gasteiger partial charge in [-0.15, -0.1) is 10.2 Å². The second-order valence-corrected chi connectivity index (χ2v) is 5.45. The molecular formula is C17H18N4O. The number of pyridine rings is 1. The van der Waals surface area contributed by atoms with E-state index in [1.807, 2.05) is 55.6 Å². The Bertz CT molecular complexity index is 844. The first-order valence-corrected chi connectivity index (χ1v) is 7.16. The lowest BCUT2D eigenvalue weighted by Crippen LogP contribution is -1.90. The number of hydrogen-bond acceptors (Lipinski definition) is 4. The van der Waals surface area contributed by atoms with E-state index in [2.05, 4.69) is 21.3 Å². The molecule has 5 nitrogen and oxygen atoms in total. The number of azo groups is 1. The maximum atomic E-state index is 9.40. The molecule has 0 radical (unpaired) electrons. The molecule has 3 aromatic rings.